The molecule has 1 aromatic carbocycles. The van der Waals surface area contributed by atoms with E-state index in [1.54, 1.807) is 18.2 Å². The molecule has 0 unspecified atom stereocenters. The molecule has 0 saturated carbocycles. The van der Waals surface area contributed by atoms with E-state index in [-0.39, 0.29) is 18.0 Å². The zero-order valence-corrected chi connectivity index (χ0v) is 13.0. The number of carbonyl (C=O) groups excluding carboxylic acids is 1. The molecule has 1 aromatic rings. The molecule has 0 aliphatic carbocycles. The lowest BCUT2D eigenvalue weighted by atomic mass is 10.1. The first-order valence-electron chi connectivity index (χ1n) is 7.97. The average Bonchev–Trinajstić information content (AvgIpc) is 3.10. The number of rotatable bonds is 4. The summed E-state index contributed by atoms with van der Waals surface area (Å²) in [7, 11) is 0. The van der Waals surface area contributed by atoms with E-state index >= 15 is 0 Å². The SMILES string of the molecule is O=C(Cc1ccccc1[N+](=O)[O-])N1CCN([C@@H]2CCOC2)CC1. The third-order valence-electron chi connectivity index (χ3n) is 4.62. The summed E-state index contributed by atoms with van der Waals surface area (Å²) in [4.78, 5) is 27.2. The van der Waals surface area contributed by atoms with E-state index in [4.69, 9.17) is 4.74 Å². The Morgan fingerprint density at radius 3 is 2.65 bits per heavy atom. The largest absolute Gasteiger partial charge is 0.380 e. The molecular weight excluding hydrogens is 298 g/mol. The van der Waals surface area contributed by atoms with Crippen LogP contribution in [0, 0.1) is 10.1 Å². The van der Waals surface area contributed by atoms with Crippen LogP contribution in [-0.4, -0.2) is 66.1 Å². The van der Waals surface area contributed by atoms with Gasteiger partial charge in [0.15, 0.2) is 0 Å². The van der Waals surface area contributed by atoms with Gasteiger partial charge in [-0.3, -0.25) is 19.8 Å². The number of piperazine rings is 1. The fraction of sp³-hybridized carbons (Fsp3) is 0.562. The van der Waals surface area contributed by atoms with Crippen LogP contribution in [0.15, 0.2) is 24.3 Å². The standard InChI is InChI=1S/C16H21N3O4/c20-16(11-13-3-1-2-4-15(13)19(21)22)18-8-6-17(7-9-18)14-5-10-23-12-14/h1-4,14H,5-12H2/t14-/m1/s1. The van der Waals surface area contributed by atoms with Gasteiger partial charge in [-0.15, -0.1) is 0 Å². The summed E-state index contributed by atoms with van der Waals surface area (Å²) >= 11 is 0. The molecule has 1 atom stereocenters. The van der Waals surface area contributed by atoms with Gasteiger partial charge in [-0.2, -0.15) is 0 Å². The summed E-state index contributed by atoms with van der Waals surface area (Å²) in [5, 5.41) is 11.0. The molecule has 0 N–H and O–H groups in total. The second-order valence-corrected chi connectivity index (χ2v) is 6.00. The van der Waals surface area contributed by atoms with Gasteiger partial charge in [-0.05, 0) is 6.42 Å². The van der Waals surface area contributed by atoms with Gasteiger partial charge in [0.25, 0.3) is 5.69 Å². The second kappa shape index (κ2) is 7.06. The third-order valence-corrected chi connectivity index (χ3v) is 4.62. The molecule has 23 heavy (non-hydrogen) atoms. The van der Waals surface area contributed by atoms with Crippen LogP contribution >= 0.6 is 0 Å². The van der Waals surface area contributed by atoms with Gasteiger partial charge >= 0.3 is 0 Å². The summed E-state index contributed by atoms with van der Waals surface area (Å²) in [6.07, 6.45) is 1.15. The van der Waals surface area contributed by atoms with Crippen LogP contribution in [0.5, 0.6) is 0 Å². The molecule has 0 bridgehead atoms. The van der Waals surface area contributed by atoms with Crippen LogP contribution in [0.3, 0.4) is 0 Å². The van der Waals surface area contributed by atoms with Crippen molar-refractivity contribution in [3.63, 3.8) is 0 Å². The van der Waals surface area contributed by atoms with Crippen LogP contribution in [0.4, 0.5) is 5.69 Å². The van der Waals surface area contributed by atoms with Crippen molar-refractivity contribution in [2.45, 2.75) is 18.9 Å². The predicted octanol–water partition coefficient (Wildman–Crippen LogP) is 1.07. The molecule has 0 radical (unpaired) electrons. The van der Waals surface area contributed by atoms with Gasteiger partial charge in [0.1, 0.15) is 0 Å². The number of nitro groups is 1. The second-order valence-electron chi connectivity index (χ2n) is 6.00. The zero-order chi connectivity index (χ0) is 16.2. The fourth-order valence-corrected chi connectivity index (χ4v) is 3.26. The Labute approximate surface area is 135 Å². The lowest BCUT2D eigenvalue weighted by Crippen LogP contribution is -2.52. The molecule has 7 heteroatoms. The van der Waals surface area contributed by atoms with Crippen molar-refractivity contribution in [1.82, 2.24) is 9.80 Å². The van der Waals surface area contributed by atoms with E-state index in [9.17, 15) is 14.9 Å². The molecule has 3 rings (SSSR count). The molecule has 2 fully saturated rings. The number of hydrogen-bond acceptors (Lipinski definition) is 5. The van der Waals surface area contributed by atoms with Gasteiger partial charge in [0.05, 0.1) is 18.0 Å². The van der Waals surface area contributed by atoms with Gasteiger partial charge in [0, 0.05) is 50.5 Å². The van der Waals surface area contributed by atoms with Crippen LogP contribution < -0.4 is 0 Å². The summed E-state index contributed by atoms with van der Waals surface area (Å²) in [6.45, 7) is 4.64. The van der Waals surface area contributed by atoms with Gasteiger partial charge < -0.3 is 9.64 Å². The maximum Gasteiger partial charge on any atom is 0.273 e. The highest BCUT2D eigenvalue weighted by molar-refractivity contribution is 5.80. The number of benzene rings is 1. The lowest BCUT2D eigenvalue weighted by molar-refractivity contribution is -0.385. The van der Waals surface area contributed by atoms with Crippen molar-refractivity contribution in [3.05, 3.63) is 39.9 Å². The minimum absolute atomic E-state index is 0.0163. The average molecular weight is 319 g/mol. The number of hydrogen-bond donors (Lipinski definition) is 0. The van der Waals surface area contributed by atoms with E-state index < -0.39 is 4.92 Å². The smallest absolute Gasteiger partial charge is 0.273 e. The van der Waals surface area contributed by atoms with Crippen molar-refractivity contribution in [2.75, 3.05) is 39.4 Å². The molecule has 2 aliphatic heterocycles. The highest BCUT2D eigenvalue weighted by Crippen LogP contribution is 2.20. The summed E-state index contributed by atoms with van der Waals surface area (Å²) < 4.78 is 5.41. The molecular formula is C16H21N3O4. The first kappa shape index (κ1) is 15.9. The Morgan fingerprint density at radius 2 is 2.00 bits per heavy atom. The van der Waals surface area contributed by atoms with Crippen molar-refractivity contribution >= 4 is 11.6 Å². The molecule has 1 amide bonds. The van der Waals surface area contributed by atoms with Crippen LogP contribution in [-0.2, 0) is 16.0 Å². The summed E-state index contributed by atoms with van der Waals surface area (Å²) in [5.74, 6) is -0.0402. The number of ether oxygens (including phenoxy) is 1. The summed E-state index contributed by atoms with van der Waals surface area (Å²) in [6, 6.07) is 6.92. The normalized spacial score (nSPS) is 22.3. The summed E-state index contributed by atoms with van der Waals surface area (Å²) in [5.41, 5.74) is 0.497. The highest BCUT2D eigenvalue weighted by Gasteiger charge is 2.29. The quantitative estimate of drug-likeness (QED) is 0.613. The van der Waals surface area contributed by atoms with E-state index in [1.165, 1.54) is 6.07 Å². The monoisotopic (exact) mass is 319 g/mol. The van der Waals surface area contributed by atoms with E-state index in [2.05, 4.69) is 4.90 Å². The number of para-hydroxylation sites is 1. The maximum atomic E-state index is 12.4. The number of amides is 1. The molecule has 2 aliphatic rings. The van der Waals surface area contributed by atoms with E-state index in [0.717, 1.165) is 32.7 Å². The Morgan fingerprint density at radius 1 is 1.26 bits per heavy atom. The predicted molar refractivity (Wildman–Crippen MR) is 84.2 cm³/mol. The molecule has 2 saturated heterocycles. The van der Waals surface area contributed by atoms with Gasteiger partial charge in [0.2, 0.25) is 5.91 Å². The third kappa shape index (κ3) is 3.68. The van der Waals surface area contributed by atoms with Gasteiger partial charge in [-0.25, -0.2) is 0 Å². The van der Waals surface area contributed by atoms with Crippen molar-refractivity contribution in [3.8, 4) is 0 Å². The first-order valence-corrected chi connectivity index (χ1v) is 7.97. The highest BCUT2D eigenvalue weighted by atomic mass is 16.6. The first-order chi connectivity index (χ1) is 11.1. The lowest BCUT2D eigenvalue weighted by Gasteiger charge is -2.37. The van der Waals surface area contributed by atoms with E-state index in [1.807, 2.05) is 4.90 Å². The van der Waals surface area contributed by atoms with Crippen molar-refractivity contribution in [2.24, 2.45) is 0 Å². The molecule has 7 nitrogen and oxygen atoms in total. The Bertz CT molecular complexity index is 578. The maximum absolute atomic E-state index is 12.4. The molecule has 0 spiro atoms. The Hall–Kier alpha value is -1.99. The fourth-order valence-electron chi connectivity index (χ4n) is 3.26. The van der Waals surface area contributed by atoms with E-state index in [0.29, 0.717) is 24.7 Å². The van der Waals surface area contributed by atoms with Crippen LogP contribution in [0.1, 0.15) is 12.0 Å². The minimum Gasteiger partial charge on any atom is -0.380 e. The zero-order valence-electron chi connectivity index (χ0n) is 13.0. The number of nitrogens with zero attached hydrogens (tertiary/aromatic N) is 3. The van der Waals surface area contributed by atoms with Crippen LogP contribution in [0.25, 0.3) is 0 Å². The van der Waals surface area contributed by atoms with Crippen molar-refractivity contribution < 1.29 is 14.5 Å². The van der Waals surface area contributed by atoms with Crippen LogP contribution in [0.2, 0.25) is 0 Å². The van der Waals surface area contributed by atoms with Gasteiger partial charge in [-0.1, -0.05) is 18.2 Å². The number of nitro benzene ring substituents is 1. The molecule has 0 aromatic heterocycles. The minimum atomic E-state index is -0.430. The van der Waals surface area contributed by atoms with Crippen molar-refractivity contribution in [1.29, 1.82) is 0 Å². The molecule has 124 valence electrons. The topological polar surface area (TPSA) is 75.9 Å². The Balaban J connectivity index is 1.56. The Kier molecular flexibility index (Phi) is 4.88. The number of carbonyl (C=O) groups is 1. The molecule has 2 heterocycles.